The van der Waals surface area contributed by atoms with Crippen LogP contribution in [0.25, 0.3) is 0 Å². The molecule has 10 N–H and O–H groups in total. The maximum Gasteiger partial charge on any atom is 0.469 e. The lowest BCUT2D eigenvalue weighted by molar-refractivity contribution is -0.592. The van der Waals surface area contributed by atoms with E-state index in [1.165, 1.54) is 0 Å². The first kappa shape index (κ1) is 27.2. The molecule has 0 amide bonds. The first-order valence-corrected chi connectivity index (χ1v) is 11.2. The van der Waals surface area contributed by atoms with Gasteiger partial charge in [0, 0.05) is 0 Å². The van der Waals surface area contributed by atoms with E-state index in [0.29, 0.717) is 0 Å². The van der Waals surface area contributed by atoms with Crippen molar-refractivity contribution in [3.05, 3.63) is 0 Å². The molecule has 3 heterocycles. The normalized spacial score (nSPS) is 48.6. The van der Waals surface area contributed by atoms with Gasteiger partial charge in [0.25, 0.3) is 5.79 Å². The van der Waals surface area contributed by atoms with Crippen molar-refractivity contribution in [3.63, 3.8) is 0 Å². The highest BCUT2D eigenvalue weighted by Gasteiger charge is 2.74. The lowest BCUT2D eigenvalue weighted by Gasteiger charge is -2.57. The van der Waals surface area contributed by atoms with Gasteiger partial charge in [-0.2, -0.15) is 0 Å². The minimum Gasteiger partial charge on any atom is -0.394 e. The first-order valence-electron chi connectivity index (χ1n) is 9.63. The highest BCUT2D eigenvalue weighted by molar-refractivity contribution is 7.46. The molecule has 18 heteroatoms. The van der Waals surface area contributed by atoms with E-state index >= 15 is 0 Å². The highest BCUT2D eigenvalue weighted by Crippen LogP contribution is 2.49. The molecule has 0 spiro atoms. The Balaban J connectivity index is 1.97. The molecule has 3 fully saturated rings. The van der Waals surface area contributed by atoms with Crippen LogP contribution in [0.2, 0.25) is 0 Å². The Hall–Kier alpha value is -0.410. The molecule has 194 valence electrons. The molecule has 3 rings (SSSR count). The fourth-order valence-electron chi connectivity index (χ4n) is 3.75. The SMILES string of the molecule is O=P(O)(O)OCC1CO[C@@]2(OC3(CO)O[C@H](CO)[C@@H](O)[C@@H]3O)O[C@H](CO)[C@@H](O)[C@H](O)[C@]2(O)O1. The molecular weight excluding hydrogens is 483 g/mol. The van der Waals surface area contributed by atoms with Crippen molar-refractivity contribution in [2.45, 2.75) is 60.3 Å². The molecule has 0 saturated carbocycles. The molecule has 33 heavy (non-hydrogen) atoms. The Morgan fingerprint density at radius 2 is 1.48 bits per heavy atom. The third kappa shape index (κ3) is 4.72. The predicted molar refractivity (Wildman–Crippen MR) is 95.3 cm³/mol. The number of phosphoric acid groups is 1. The van der Waals surface area contributed by atoms with Crippen LogP contribution >= 0.6 is 7.82 Å². The second-order valence-electron chi connectivity index (χ2n) is 7.71. The van der Waals surface area contributed by atoms with Gasteiger partial charge in [0.2, 0.25) is 5.79 Å². The van der Waals surface area contributed by atoms with Crippen molar-refractivity contribution in [3.8, 4) is 0 Å². The number of aliphatic hydroxyl groups excluding tert-OH is 7. The fourth-order valence-corrected chi connectivity index (χ4v) is 4.11. The predicted octanol–water partition coefficient (Wildman–Crippen LogP) is -6.22. The second-order valence-corrected chi connectivity index (χ2v) is 8.95. The van der Waals surface area contributed by atoms with Crippen LogP contribution in [0.5, 0.6) is 0 Å². The molecule has 0 bridgehead atoms. The van der Waals surface area contributed by atoms with E-state index in [0.717, 1.165) is 0 Å². The monoisotopic (exact) mass is 510 g/mol. The van der Waals surface area contributed by atoms with Gasteiger partial charge in [-0.25, -0.2) is 4.57 Å². The molecule has 0 aromatic carbocycles. The summed E-state index contributed by atoms with van der Waals surface area (Å²) >= 11 is 0. The van der Waals surface area contributed by atoms with Gasteiger partial charge < -0.3 is 69.6 Å². The quantitative estimate of drug-likeness (QED) is 0.136. The van der Waals surface area contributed by atoms with Gasteiger partial charge in [0.1, 0.15) is 49.3 Å². The molecule has 10 atom stereocenters. The van der Waals surface area contributed by atoms with Crippen LogP contribution in [0.15, 0.2) is 0 Å². The third-order valence-electron chi connectivity index (χ3n) is 5.48. The average molecular weight is 510 g/mol. The maximum absolute atomic E-state index is 11.2. The molecule has 0 aromatic heterocycles. The molecular formula is C15H27O17P. The van der Waals surface area contributed by atoms with Gasteiger partial charge in [-0.15, -0.1) is 0 Å². The third-order valence-corrected chi connectivity index (χ3v) is 5.96. The Labute approximate surface area is 185 Å². The number of hydrogen-bond donors (Lipinski definition) is 10. The van der Waals surface area contributed by atoms with E-state index in [9.17, 15) is 45.4 Å². The molecule has 3 aliphatic rings. The zero-order chi connectivity index (χ0) is 24.8. The van der Waals surface area contributed by atoms with Crippen molar-refractivity contribution < 1.29 is 83.4 Å². The lowest BCUT2D eigenvalue weighted by atomic mass is 9.92. The average Bonchev–Trinajstić information content (AvgIpc) is 3.00. The molecule has 17 nitrogen and oxygen atoms in total. The summed E-state index contributed by atoms with van der Waals surface area (Å²) in [6.07, 6.45) is -12.9. The van der Waals surface area contributed by atoms with Crippen LogP contribution in [-0.2, 0) is 32.8 Å². The zero-order valence-corrected chi connectivity index (χ0v) is 17.7. The molecule has 3 saturated heterocycles. The minimum atomic E-state index is -4.98. The van der Waals surface area contributed by atoms with E-state index in [1.807, 2.05) is 0 Å². The number of hydrogen-bond acceptors (Lipinski definition) is 15. The van der Waals surface area contributed by atoms with E-state index in [2.05, 4.69) is 4.52 Å². The Kier molecular flexibility index (Phi) is 7.88. The summed E-state index contributed by atoms with van der Waals surface area (Å²) in [6.45, 7) is -4.58. The summed E-state index contributed by atoms with van der Waals surface area (Å²) in [5, 5.41) is 81.1. The summed E-state index contributed by atoms with van der Waals surface area (Å²) in [4.78, 5) is 17.7. The Morgan fingerprint density at radius 3 is 2.00 bits per heavy atom. The fraction of sp³-hybridized carbons (Fsp3) is 1.00. The van der Waals surface area contributed by atoms with Crippen molar-refractivity contribution in [2.75, 3.05) is 33.0 Å². The number of ether oxygens (including phenoxy) is 5. The number of phosphoric ester groups is 1. The van der Waals surface area contributed by atoms with E-state index < -0.39 is 101 Å². The topological polar surface area (TPSA) is 275 Å². The summed E-state index contributed by atoms with van der Waals surface area (Å²) in [7, 11) is -4.98. The molecule has 3 aliphatic heterocycles. The van der Waals surface area contributed by atoms with Gasteiger partial charge >= 0.3 is 13.8 Å². The largest absolute Gasteiger partial charge is 0.469 e. The van der Waals surface area contributed by atoms with Crippen LogP contribution in [0, 0.1) is 0 Å². The summed E-state index contributed by atoms with van der Waals surface area (Å²) < 4.78 is 41.9. The second kappa shape index (κ2) is 9.57. The summed E-state index contributed by atoms with van der Waals surface area (Å²) in [6, 6.07) is 0. The molecule has 0 radical (unpaired) electrons. The number of aliphatic hydroxyl groups is 8. The van der Waals surface area contributed by atoms with E-state index in [1.54, 1.807) is 0 Å². The van der Waals surface area contributed by atoms with Crippen LogP contribution in [0.3, 0.4) is 0 Å². The van der Waals surface area contributed by atoms with Crippen molar-refractivity contribution in [1.29, 1.82) is 0 Å². The summed E-state index contributed by atoms with van der Waals surface area (Å²) in [5.74, 6) is -8.92. The standard InChI is InChI=1S/C15H27O17P/c16-1-7-9(19)11(21)13(5-18,30-7)32-15-14(23,12(22)10(20)8(2-17)31-15)29-6(3-27-15)4-28-33(24,25)26/h6-12,16-23H,1-5H2,(H2,24,25,26)/t6?,7-,8-,9-,10-,11+,12+,13?,14+,15-/m1/s1. The number of fused-ring (bicyclic) bond motifs is 1. The number of rotatable bonds is 8. The zero-order valence-electron chi connectivity index (χ0n) is 16.9. The van der Waals surface area contributed by atoms with Gasteiger partial charge in [-0.05, 0) is 0 Å². The van der Waals surface area contributed by atoms with Gasteiger partial charge in [-0.1, -0.05) is 0 Å². The van der Waals surface area contributed by atoms with Gasteiger partial charge in [0.05, 0.1) is 26.4 Å². The lowest BCUT2D eigenvalue weighted by Crippen LogP contribution is -2.80. The van der Waals surface area contributed by atoms with E-state index in [-0.39, 0.29) is 0 Å². The van der Waals surface area contributed by atoms with Crippen LogP contribution in [0.1, 0.15) is 0 Å². The minimum absolute atomic E-state index is 0.702. The molecule has 0 aliphatic carbocycles. The van der Waals surface area contributed by atoms with Crippen LogP contribution < -0.4 is 0 Å². The smallest absolute Gasteiger partial charge is 0.394 e. The van der Waals surface area contributed by atoms with Crippen LogP contribution in [0.4, 0.5) is 0 Å². The maximum atomic E-state index is 11.2. The van der Waals surface area contributed by atoms with Crippen molar-refractivity contribution in [1.82, 2.24) is 0 Å². The first-order chi connectivity index (χ1) is 15.3. The van der Waals surface area contributed by atoms with E-state index in [4.69, 9.17) is 33.5 Å². The van der Waals surface area contributed by atoms with Crippen molar-refractivity contribution in [2.24, 2.45) is 0 Å². The molecule has 0 aromatic rings. The van der Waals surface area contributed by atoms with Crippen molar-refractivity contribution >= 4 is 7.82 Å². The Bertz CT molecular complexity index is 735. The Morgan fingerprint density at radius 1 is 0.909 bits per heavy atom. The van der Waals surface area contributed by atoms with Gasteiger partial charge in [-0.3, -0.25) is 9.26 Å². The highest BCUT2D eigenvalue weighted by atomic mass is 31.2. The van der Waals surface area contributed by atoms with Crippen LogP contribution in [-0.4, -0.2) is 144 Å². The summed E-state index contributed by atoms with van der Waals surface area (Å²) in [5.41, 5.74) is 0. The molecule has 2 unspecified atom stereocenters. The van der Waals surface area contributed by atoms with Gasteiger partial charge in [0.15, 0.2) is 0 Å².